The number of piperidine rings is 1. The first kappa shape index (κ1) is 20.9. The van der Waals surface area contributed by atoms with E-state index in [1.54, 1.807) is 20.3 Å². The fourth-order valence-corrected chi connectivity index (χ4v) is 4.89. The van der Waals surface area contributed by atoms with Crippen LogP contribution < -0.4 is 14.2 Å². The highest BCUT2D eigenvalue weighted by Gasteiger charge is 2.24. The Morgan fingerprint density at radius 2 is 1.80 bits per heavy atom. The molecule has 2 aromatic rings. The lowest BCUT2D eigenvalue weighted by Gasteiger charge is -2.33. The van der Waals surface area contributed by atoms with Gasteiger partial charge in [0.2, 0.25) is 0 Å². The second-order valence-corrected chi connectivity index (χ2v) is 8.43. The van der Waals surface area contributed by atoms with E-state index < -0.39 is 0 Å². The minimum absolute atomic E-state index is 0.333. The van der Waals surface area contributed by atoms with Crippen LogP contribution in [0.4, 0.5) is 0 Å². The Morgan fingerprint density at radius 1 is 1.00 bits per heavy atom. The van der Waals surface area contributed by atoms with Gasteiger partial charge in [-0.2, -0.15) is 0 Å². The predicted molar refractivity (Wildman–Crippen MR) is 118 cm³/mol. The van der Waals surface area contributed by atoms with Gasteiger partial charge in [0, 0.05) is 5.56 Å². The van der Waals surface area contributed by atoms with E-state index in [2.05, 4.69) is 17.0 Å². The van der Waals surface area contributed by atoms with Crippen molar-refractivity contribution in [3.63, 3.8) is 0 Å². The van der Waals surface area contributed by atoms with E-state index in [-0.39, 0.29) is 0 Å². The smallest absolute Gasteiger partial charge is 0.160 e. The highest BCUT2D eigenvalue weighted by Crippen LogP contribution is 2.38. The molecule has 1 saturated heterocycles. The van der Waals surface area contributed by atoms with Crippen molar-refractivity contribution >= 4 is 0 Å². The minimum Gasteiger partial charge on any atom is -0.508 e. The summed E-state index contributed by atoms with van der Waals surface area (Å²) < 4.78 is 16.7. The van der Waals surface area contributed by atoms with Crippen molar-refractivity contribution in [3.05, 3.63) is 47.5 Å². The molecule has 0 aliphatic carbocycles. The number of likely N-dealkylation sites (tertiary alicyclic amines) is 1. The molecule has 0 saturated carbocycles. The van der Waals surface area contributed by atoms with Crippen molar-refractivity contribution in [1.82, 2.24) is 4.90 Å². The van der Waals surface area contributed by atoms with Crippen LogP contribution >= 0.6 is 0 Å². The number of benzene rings is 2. The van der Waals surface area contributed by atoms with Gasteiger partial charge in [-0.25, -0.2) is 0 Å². The van der Waals surface area contributed by atoms with Crippen LogP contribution in [0.3, 0.4) is 0 Å². The van der Waals surface area contributed by atoms with Crippen molar-refractivity contribution in [2.75, 3.05) is 40.5 Å². The number of methoxy groups -OCH3 is 2. The zero-order valence-electron chi connectivity index (χ0n) is 18.1. The van der Waals surface area contributed by atoms with Crippen molar-refractivity contribution in [1.29, 1.82) is 0 Å². The highest BCUT2D eigenvalue weighted by molar-refractivity contribution is 5.44. The Hall–Kier alpha value is -2.40. The van der Waals surface area contributed by atoms with Crippen LogP contribution in [0.2, 0.25) is 0 Å². The second kappa shape index (κ2) is 9.61. The van der Waals surface area contributed by atoms with Gasteiger partial charge in [-0.3, -0.25) is 0 Å². The van der Waals surface area contributed by atoms with E-state index in [1.807, 2.05) is 18.2 Å². The summed E-state index contributed by atoms with van der Waals surface area (Å²) in [6, 6.07) is 11.9. The molecule has 2 aliphatic rings. The third-order valence-electron chi connectivity index (χ3n) is 6.65. The molecule has 2 heterocycles. The molecule has 0 bridgehead atoms. The topological polar surface area (TPSA) is 51.2 Å². The standard InChI is InChI=1S/C25H33NO4/c1-28-24-7-5-20(16-25(24)29-2)18-9-12-26(13-10-18)14-11-19-4-3-15-30-23-8-6-21(27)17-22(19)23/h5-8,16-19,27H,3-4,9-15H2,1-2H3. The van der Waals surface area contributed by atoms with Crippen LogP contribution in [0.5, 0.6) is 23.0 Å². The van der Waals surface area contributed by atoms with Gasteiger partial charge in [0.25, 0.3) is 0 Å². The molecule has 1 fully saturated rings. The molecule has 1 atom stereocenters. The molecule has 0 aromatic heterocycles. The summed E-state index contributed by atoms with van der Waals surface area (Å²) in [5, 5.41) is 9.94. The fraction of sp³-hybridized carbons (Fsp3) is 0.520. The van der Waals surface area contributed by atoms with Gasteiger partial charge < -0.3 is 24.2 Å². The average molecular weight is 412 g/mol. The Bertz CT molecular complexity index is 845. The summed E-state index contributed by atoms with van der Waals surface area (Å²) in [7, 11) is 3.37. The molecular weight excluding hydrogens is 378 g/mol. The van der Waals surface area contributed by atoms with Crippen molar-refractivity contribution in [2.45, 2.75) is 43.9 Å². The number of phenols is 1. The summed E-state index contributed by atoms with van der Waals surface area (Å²) in [6.45, 7) is 4.10. The predicted octanol–water partition coefficient (Wildman–Crippen LogP) is 4.94. The number of aromatic hydroxyl groups is 1. The minimum atomic E-state index is 0.333. The van der Waals surface area contributed by atoms with Gasteiger partial charge in [-0.1, -0.05) is 6.07 Å². The SMILES string of the molecule is COc1ccc(C2CCN(CCC3CCCOc4ccc(O)cc43)CC2)cc1OC. The van der Waals surface area contributed by atoms with Crippen molar-refractivity contribution < 1.29 is 19.3 Å². The number of nitrogens with zero attached hydrogens (tertiary/aromatic N) is 1. The third kappa shape index (κ3) is 4.67. The van der Waals surface area contributed by atoms with E-state index >= 15 is 0 Å². The summed E-state index contributed by atoms with van der Waals surface area (Å²) in [5.41, 5.74) is 2.52. The van der Waals surface area contributed by atoms with Crippen LogP contribution in [0.15, 0.2) is 36.4 Å². The third-order valence-corrected chi connectivity index (χ3v) is 6.65. The van der Waals surface area contributed by atoms with Gasteiger partial charge in [-0.05, 0) is 99.5 Å². The molecule has 1 unspecified atom stereocenters. The van der Waals surface area contributed by atoms with Crippen LogP contribution in [-0.4, -0.2) is 50.5 Å². The molecule has 162 valence electrons. The quantitative estimate of drug-likeness (QED) is 0.730. The number of rotatable bonds is 6. The Kier molecular flexibility index (Phi) is 6.68. The van der Waals surface area contributed by atoms with Gasteiger partial charge in [0.15, 0.2) is 11.5 Å². The van der Waals surface area contributed by atoms with E-state index in [9.17, 15) is 5.11 Å². The molecule has 0 radical (unpaired) electrons. The first-order valence-electron chi connectivity index (χ1n) is 11.1. The zero-order valence-corrected chi connectivity index (χ0v) is 18.1. The first-order valence-corrected chi connectivity index (χ1v) is 11.1. The second-order valence-electron chi connectivity index (χ2n) is 8.43. The summed E-state index contributed by atoms with van der Waals surface area (Å²) >= 11 is 0. The van der Waals surface area contributed by atoms with Gasteiger partial charge in [0.05, 0.1) is 20.8 Å². The maximum atomic E-state index is 9.94. The molecule has 5 heteroatoms. The van der Waals surface area contributed by atoms with E-state index in [0.717, 1.165) is 62.8 Å². The number of hydrogen-bond acceptors (Lipinski definition) is 5. The molecule has 30 heavy (non-hydrogen) atoms. The van der Waals surface area contributed by atoms with E-state index in [1.165, 1.54) is 24.0 Å². The Morgan fingerprint density at radius 3 is 2.57 bits per heavy atom. The van der Waals surface area contributed by atoms with Crippen molar-refractivity contribution in [2.24, 2.45) is 0 Å². The zero-order chi connectivity index (χ0) is 20.9. The number of hydrogen-bond donors (Lipinski definition) is 1. The molecule has 2 aromatic carbocycles. The van der Waals surface area contributed by atoms with Crippen LogP contribution in [0.1, 0.15) is 55.1 Å². The Labute approximate surface area is 179 Å². The molecular formula is C25H33NO4. The van der Waals surface area contributed by atoms with Crippen LogP contribution in [0, 0.1) is 0 Å². The van der Waals surface area contributed by atoms with Crippen molar-refractivity contribution in [3.8, 4) is 23.0 Å². The van der Waals surface area contributed by atoms with Crippen LogP contribution in [0.25, 0.3) is 0 Å². The maximum absolute atomic E-state index is 9.94. The Balaban J connectivity index is 1.33. The lowest BCUT2D eigenvalue weighted by atomic mass is 9.88. The molecule has 0 amide bonds. The summed E-state index contributed by atoms with van der Waals surface area (Å²) in [6.07, 6.45) is 5.64. The van der Waals surface area contributed by atoms with Gasteiger partial charge >= 0.3 is 0 Å². The fourth-order valence-electron chi connectivity index (χ4n) is 4.89. The summed E-state index contributed by atoms with van der Waals surface area (Å²) in [4.78, 5) is 2.59. The molecule has 4 rings (SSSR count). The van der Waals surface area contributed by atoms with Gasteiger partial charge in [-0.15, -0.1) is 0 Å². The molecule has 1 N–H and O–H groups in total. The lowest BCUT2D eigenvalue weighted by Crippen LogP contribution is -2.34. The largest absolute Gasteiger partial charge is 0.508 e. The normalized spacial score (nSPS) is 20.1. The molecule has 0 spiro atoms. The maximum Gasteiger partial charge on any atom is 0.160 e. The number of fused-ring (bicyclic) bond motifs is 1. The summed E-state index contributed by atoms with van der Waals surface area (Å²) in [5.74, 6) is 3.91. The lowest BCUT2D eigenvalue weighted by molar-refractivity contribution is 0.204. The van der Waals surface area contributed by atoms with E-state index in [4.69, 9.17) is 14.2 Å². The van der Waals surface area contributed by atoms with Gasteiger partial charge in [0.1, 0.15) is 11.5 Å². The monoisotopic (exact) mass is 411 g/mol. The van der Waals surface area contributed by atoms with Crippen LogP contribution in [-0.2, 0) is 0 Å². The average Bonchev–Trinajstić information content (AvgIpc) is 2.99. The first-order chi connectivity index (χ1) is 14.7. The van der Waals surface area contributed by atoms with E-state index in [0.29, 0.717) is 17.6 Å². The number of ether oxygens (including phenoxy) is 3. The molecule has 2 aliphatic heterocycles. The molecule has 5 nitrogen and oxygen atoms in total. The number of phenolic OH excluding ortho intramolecular Hbond substituents is 1. The highest BCUT2D eigenvalue weighted by atomic mass is 16.5.